The first kappa shape index (κ1) is 21.7. The number of benzene rings is 3. The van der Waals surface area contributed by atoms with Crippen LogP contribution in [0.5, 0.6) is 0 Å². The van der Waals surface area contributed by atoms with Gasteiger partial charge in [0.15, 0.2) is 0 Å². The minimum Gasteiger partial charge on any atom is -0.314 e. The second-order valence-electron chi connectivity index (χ2n) is 8.41. The highest BCUT2D eigenvalue weighted by atomic mass is 19.1. The van der Waals surface area contributed by atoms with Crippen molar-refractivity contribution < 1.29 is 9.18 Å². The van der Waals surface area contributed by atoms with Crippen LogP contribution in [0, 0.1) is 5.82 Å². The second-order valence-corrected chi connectivity index (χ2v) is 8.41. The van der Waals surface area contributed by atoms with Crippen molar-refractivity contribution in [3.8, 4) is 11.1 Å². The molecule has 4 aromatic rings. The molecule has 0 saturated carbocycles. The van der Waals surface area contributed by atoms with Gasteiger partial charge in [-0.3, -0.25) is 9.59 Å². The number of carbonyl (C=O) groups is 1. The summed E-state index contributed by atoms with van der Waals surface area (Å²) in [5, 5.41) is 11.0. The lowest BCUT2D eigenvalue weighted by Crippen LogP contribution is -2.30. The van der Waals surface area contributed by atoms with Crippen LogP contribution in [0.3, 0.4) is 0 Å². The van der Waals surface area contributed by atoms with Crippen LogP contribution >= 0.6 is 0 Å². The molecule has 1 amide bonds. The third kappa shape index (κ3) is 4.24. The Balaban J connectivity index is 1.45. The summed E-state index contributed by atoms with van der Waals surface area (Å²) in [4.78, 5) is 28.5. The lowest BCUT2D eigenvalue weighted by Gasteiger charge is -2.09. The van der Waals surface area contributed by atoms with Gasteiger partial charge in [0.1, 0.15) is 11.7 Å². The number of hydrogen-bond donors (Lipinski definition) is 2. The van der Waals surface area contributed by atoms with Gasteiger partial charge < -0.3 is 5.32 Å². The van der Waals surface area contributed by atoms with E-state index in [4.69, 9.17) is 0 Å². The van der Waals surface area contributed by atoms with Crippen LogP contribution in [0.4, 0.5) is 10.1 Å². The van der Waals surface area contributed by atoms with E-state index in [1.54, 1.807) is 18.2 Å². The lowest BCUT2D eigenvalue weighted by atomic mass is 9.97. The second kappa shape index (κ2) is 9.02. The molecule has 0 spiro atoms. The van der Waals surface area contributed by atoms with E-state index in [1.807, 2.05) is 43.3 Å². The van der Waals surface area contributed by atoms with Gasteiger partial charge in [-0.25, -0.2) is 14.5 Å². The van der Waals surface area contributed by atoms with Gasteiger partial charge in [-0.1, -0.05) is 43.3 Å². The van der Waals surface area contributed by atoms with E-state index in [1.165, 1.54) is 6.07 Å². The number of aromatic nitrogens is 2. The standard InChI is InChI=1S/C27H23FN4O2/c1-2-5-26(33)30-25-15-18-10-9-17(14-23(18)29-25)21-12-16(8-11-22(21)28)13-24-19-6-3-4-7-20(19)27(34)32-31-24/h3-4,6-12,14H,2,5,13,15H2,1H3,(H,32,34)(H,29,30,33). The largest absolute Gasteiger partial charge is 0.314 e. The molecule has 0 atom stereocenters. The highest BCUT2D eigenvalue weighted by molar-refractivity contribution is 6.03. The summed E-state index contributed by atoms with van der Waals surface area (Å²) in [5.41, 5.74) is 4.27. The Morgan fingerprint density at radius 3 is 2.74 bits per heavy atom. The molecule has 1 aliphatic heterocycles. The number of amidine groups is 1. The summed E-state index contributed by atoms with van der Waals surface area (Å²) < 4.78 is 14.8. The quantitative estimate of drug-likeness (QED) is 0.453. The van der Waals surface area contributed by atoms with Gasteiger partial charge in [-0.15, -0.1) is 0 Å². The molecule has 170 valence electrons. The van der Waals surface area contributed by atoms with Gasteiger partial charge in [0, 0.05) is 30.2 Å². The first-order chi connectivity index (χ1) is 16.5. The van der Waals surface area contributed by atoms with Crippen molar-refractivity contribution in [2.75, 3.05) is 0 Å². The van der Waals surface area contributed by atoms with Crippen molar-refractivity contribution in [1.82, 2.24) is 15.5 Å². The smallest absolute Gasteiger partial charge is 0.272 e. The van der Waals surface area contributed by atoms with E-state index in [9.17, 15) is 14.0 Å². The van der Waals surface area contributed by atoms with E-state index in [0.717, 1.165) is 34.3 Å². The van der Waals surface area contributed by atoms with Crippen LogP contribution in [0.2, 0.25) is 0 Å². The molecule has 0 bridgehead atoms. The Morgan fingerprint density at radius 1 is 1.09 bits per heavy atom. The summed E-state index contributed by atoms with van der Waals surface area (Å²) in [5.74, 6) is 0.244. The molecule has 1 aromatic heterocycles. The summed E-state index contributed by atoms with van der Waals surface area (Å²) in [6, 6.07) is 18.0. The first-order valence-corrected chi connectivity index (χ1v) is 11.3. The number of hydrogen-bond acceptors (Lipinski definition) is 4. The van der Waals surface area contributed by atoms with Crippen molar-refractivity contribution in [3.05, 3.63) is 93.7 Å². The molecular weight excluding hydrogens is 431 g/mol. The number of amides is 1. The Kier molecular flexibility index (Phi) is 5.76. The fraction of sp³-hybridized carbons (Fsp3) is 0.185. The highest BCUT2D eigenvalue weighted by Gasteiger charge is 2.18. The predicted molar refractivity (Wildman–Crippen MR) is 131 cm³/mol. The first-order valence-electron chi connectivity index (χ1n) is 11.3. The van der Waals surface area contributed by atoms with Crippen molar-refractivity contribution >= 4 is 28.2 Å². The zero-order valence-corrected chi connectivity index (χ0v) is 18.7. The van der Waals surface area contributed by atoms with E-state index in [0.29, 0.717) is 41.6 Å². The minimum atomic E-state index is -0.332. The topological polar surface area (TPSA) is 87.2 Å². The zero-order chi connectivity index (χ0) is 23.7. The number of rotatable bonds is 5. The number of fused-ring (bicyclic) bond motifs is 2. The number of aliphatic imine (C=N–C) groups is 1. The third-order valence-corrected chi connectivity index (χ3v) is 5.95. The number of nitrogens with zero attached hydrogens (tertiary/aromatic N) is 2. The molecule has 0 fully saturated rings. The minimum absolute atomic E-state index is 0.0450. The van der Waals surface area contributed by atoms with Crippen LogP contribution in [0.25, 0.3) is 21.9 Å². The van der Waals surface area contributed by atoms with Crippen LogP contribution in [-0.2, 0) is 17.6 Å². The molecule has 1 aliphatic rings. The molecule has 6 nitrogen and oxygen atoms in total. The molecule has 2 heterocycles. The SMILES string of the molecule is CCCC(=O)NC1=Nc2cc(-c3cc(Cc4n[nH]c(=O)c5ccccc45)ccc3F)ccc2C1. The Hall–Kier alpha value is -4.13. The summed E-state index contributed by atoms with van der Waals surface area (Å²) in [7, 11) is 0. The molecule has 7 heteroatoms. The van der Waals surface area contributed by atoms with Gasteiger partial charge in [0.25, 0.3) is 5.56 Å². The van der Waals surface area contributed by atoms with Crippen molar-refractivity contribution in [2.45, 2.75) is 32.6 Å². The fourth-order valence-electron chi connectivity index (χ4n) is 4.28. The Morgan fingerprint density at radius 2 is 1.91 bits per heavy atom. The van der Waals surface area contributed by atoms with E-state index < -0.39 is 0 Å². The molecule has 2 N–H and O–H groups in total. The molecule has 5 rings (SSSR count). The molecule has 0 radical (unpaired) electrons. The Bertz CT molecular complexity index is 1510. The van der Waals surface area contributed by atoms with Crippen molar-refractivity contribution in [2.24, 2.45) is 4.99 Å². The molecule has 3 aromatic carbocycles. The lowest BCUT2D eigenvalue weighted by molar-refractivity contribution is -0.119. The van der Waals surface area contributed by atoms with E-state index in [2.05, 4.69) is 20.5 Å². The molecule has 0 aliphatic carbocycles. The number of carbonyl (C=O) groups excluding carboxylic acids is 1. The molecule has 0 unspecified atom stereocenters. The van der Waals surface area contributed by atoms with Gasteiger partial charge >= 0.3 is 0 Å². The van der Waals surface area contributed by atoms with Crippen LogP contribution < -0.4 is 10.9 Å². The number of H-pyrrole nitrogens is 1. The van der Waals surface area contributed by atoms with Crippen LogP contribution in [0.1, 0.15) is 36.6 Å². The van der Waals surface area contributed by atoms with E-state index >= 15 is 0 Å². The summed E-state index contributed by atoms with van der Waals surface area (Å²) in [6.07, 6.45) is 2.23. The van der Waals surface area contributed by atoms with Crippen LogP contribution in [-0.4, -0.2) is 21.9 Å². The highest BCUT2D eigenvalue weighted by Crippen LogP contribution is 2.33. The average Bonchev–Trinajstić information content (AvgIpc) is 3.23. The van der Waals surface area contributed by atoms with E-state index in [-0.39, 0.29) is 17.3 Å². The zero-order valence-electron chi connectivity index (χ0n) is 18.7. The van der Waals surface area contributed by atoms with Gasteiger partial charge in [0.2, 0.25) is 5.91 Å². The predicted octanol–water partition coefficient (Wildman–Crippen LogP) is 4.82. The Labute approximate surface area is 195 Å². The summed E-state index contributed by atoms with van der Waals surface area (Å²) >= 11 is 0. The molecule has 34 heavy (non-hydrogen) atoms. The van der Waals surface area contributed by atoms with Crippen molar-refractivity contribution in [3.63, 3.8) is 0 Å². The number of aromatic amines is 1. The number of halogens is 1. The van der Waals surface area contributed by atoms with Gasteiger partial charge in [-0.05, 0) is 47.4 Å². The maximum Gasteiger partial charge on any atom is 0.272 e. The number of nitrogens with one attached hydrogen (secondary N) is 2. The normalized spacial score (nSPS) is 12.5. The maximum absolute atomic E-state index is 14.8. The third-order valence-electron chi connectivity index (χ3n) is 5.95. The summed E-state index contributed by atoms with van der Waals surface area (Å²) in [6.45, 7) is 1.95. The maximum atomic E-state index is 14.8. The van der Waals surface area contributed by atoms with Gasteiger partial charge in [0.05, 0.1) is 16.8 Å². The van der Waals surface area contributed by atoms with Crippen molar-refractivity contribution in [1.29, 1.82) is 0 Å². The monoisotopic (exact) mass is 454 g/mol. The molecular formula is C27H23FN4O2. The van der Waals surface area contributed by atoms with Crippen LogP contribution in [0.15, 0.2) is 70.5 Å². The fourth-order valence-corrected chi connectivity index (χ4v) is 4.28. The van der Waals surface area contributed by atoms with Gasteiger partial charge in [-0.2, -0.15) is 5.10 Å². The average molecular weight is 455 g/mol. The molecule has 0 saturated heterocycles.